The van der Waals surface area contributed by atoms with E-state index in [2.05, 4.69) is 12.2 Å². The molecular formula is C13H22N2O4. The van der Waals surface area contributed by atoms with Crippen molar-refractivity contribution >= 4 is 12.0 Å². The van der Waals surface area contributed by atoms with Crippen molar-refractivity contribution in [1.82, 2.24) is 10.2 Å². The van der Waals surface area contributed by atoms with Gasteiger partial charge in [0.15, 0.2) is 0 Å². The molecule has 1 heterocycles. The molecule has 2 N–H and O–H groups in total. The Bertz CT molecular complexity index is 340. The van der Waals surface area contributed by atoms with Crippen molar-refractivity contribution in [2.24, 2.45) is 11.8 Å². The number of likely N-dealkylation sites (tertiary alicyclic amines) is 1. The maximum atomic E-state index is 11.9. The summed E-state index contributed by atoms with van der Waals surface area (Å²) in [7, 11) is 0. The van der Waals surface area contributed by atoms with Crippen molar-refractivity contribution < 1.29 is 19.4 Å². The molecular weight excluding hydrogens is 248 g/mol. The summed E-state index contributed by atoms with van der Waals surface area (Å²) in [5.41, 5.74) is 0. The van der Waals surface area contributed by atoms with Crippen molar-refractivity contribution in [3.63, 3.8) is 0 Å². The van der Waals surface area contributed by atoms with Gasteiger partial charge in [-0.05, 0) is 31.1 Å². The third-order valence-corrected chi connectivity index (χ3v) is 3.96. The maximum Gasteiger partial charge on any atom is 0.329 e. The van der Waals surface area contributed by atoms with Crippen LogP contribution < -0.4 is 5.32 Å². The zero-order valence-electron chi connectivity index (χ0n) is 11.3. The van der Waals surface area contributed by atoms with Crippen LogP contribution in [-0.4, -0.2) is 54.4 Å². The van der Waals surface area contributed by atoms with E-state index in [1.807, 2.05) is 0 Å². The van der Waals surface area contributed by atoms with Crippen LogP contribution in [0.5, 0.6) is 0 Å². The molecule has 108 valence electrons. The van der Waals surface area contributed by atoms with E-state index in [1.165, 1.54) is 6.42 Å². The number of nitrogens with zero attached hydrogens (tertiary/aromatic N) is 1. The largest absolute Gasteiger partial charge is 0.480 e. The van der Waals surface area contributed by atoms with Gasteiger partial charge in [0.2, 0.25) is 0 Å². The second-order valence-corrected chi connectivity index (χ2v) is 5.55. The fraction of sp³-hybridized carbons (Fsp3) is 0.846. The van der Waals surface area contributed by atoms with Gasteiger partial charge in [-0.2, -0.15) is 0 Å². The van der Waals surface area contributed by atoms with Crippen molar-refractivity contribution in [1.29, 1.82) is 0 Å². The minimum absolute atomic E-state index is 0.00390. The summed E-state index contributed by atoms with van der Waals surface area (Å²) >= 11 is 0. The lowest BCUT2D eigenvalue weighted by atomic mass is 10.1. The molecule has 2 rings (SSSR count). The Hall–Kier alpha value is -1.30. The van der Waals surface area contributed by atoms with E-state index in [0.717, 1.165) is 12.5 Å². The first-order valence-corrected chi connectivity index (χ1v) is 6.92. The van der Waals surface area contributed by atoms with E-state index in [4.69, 9.17) is 9.84 Å². The Morgan fingerprint density at radius 2 is 2.00 bits per heavy atom. The van der Waals surface area contributed by atoms with E-state index < -0.39 is 5.97 Å². The number of rotatable bonds is 5. The monoisotopic (exact) mass is 270 g/mol. The Kier molecular flexibility index (Phi) is 4.63. The van der Waals surface area contributed by atoms with Gasteiger partial charge in [-0.1, -0.05) is 6.92 Å². The fourth-order valence-electron chi connectivity index (χ4n) is 2.43. The number of hydrogen-bond acceptors (Lipinski definition) is 3. The molecule has 1 aliphatic carbocycles. The van der Waals surface area contributed by atoms with Crippen LogP contribution in [0.25, 0.3) is 0 Å². The van der Waals surface area contributed by atoms with Crippen molar-refractivity contribution in [2.75, 3.05) is 26.2 Å². The zero-order valence-corrected chi connectivity index (χ0v) is 11.3. The molecule has 1 saturated carbocycles. The van der Waals surface area contributed by atoms with Gasteiger partial charge in [0.25, 0.3) is 0 Å². The number of ether oxygens (including phenoxy) is 1. The number of aliphatic carboxylic acids is 1. The number of carboxylic acid groups (broad SMARTS) is 1. The lowest BCUT2D eigenvalue weighted by molar-refractivity contribution is -0.145. The SMILES string of the molecule is CC1CC1CNC(=O)N1CCC(OCC(=O)O)CC1. The third kappa shape index (κ3) is 4.38. The van der Waals surface area contributed by atoms with E-state index in [9.17, 15) is 9.59 Å². The lowest BCUT2D eigenvalue weighted by Gasteiger charge is -2.31. The van der Waals surface area contributed by atoms with Gasteiger partial charge in [-0.25, -0.2) is 9.59 Å². The van der Waals surface area contributed by atoms with E-state index in [0.29, 0.717) is 31.8 Å². The zero-order chi connectivity index (χ0) is 13.8. The topological polar surface area (TPSA) is 78.9 Å². The molecule has 19 heavy (non-hydrogen) atoms. The molecule has 0 bridgehead atoms. The predicted octanol–water partition coefficient (Wildman–Crippen LogP) is 0.918. The normalized spacial score (nSPS) is 27.1. The predicted molar refractivity (Wildman–Crippen MR) is 68.9 cm³/mol. The molecule has 2 fully saturated rings. The minimum Gasteiger partial charge on any atom is -0.480 e. The number of carbonyl (C=O) groups excluding carboxylic acids is 1. The number of carbonyl (C=O) groups is 2. The molecule has 2 aliphatic rings. The highest BCUT2D eigenvalue weighted by Gasteiger charge is 2.33. The fourth-order valence-corrected chi connectivity index (χ4v) is 2.43. The molecule has 0 spiro atoms. The van der Waals surface area contributed by atoms with Gasteiger partial charge >= 0.3 is 12.0 Å². The minimum atomic E-state index is -0.946. The molecule has 2 unspecified atom stereocenters. The maximum absolute atomic E-state index is 11.9. The average molecular weight is 270 g/mol. The van der Waals surface area contributed by atoms with Crippen molar-refractivity contribution in [2.45, 2.75) is 32.3 Å². The van der Waals surface area contributed by atoms with Crippen LogP contribution in [0.4, 0.5) is 4.79 Å². The summed E-state index contributed by atoms with van der Waals surface area (Å²) in [6.45, 7) is 3.99. The molecule has 1 saturated heterocycles. The first-order valence-electron chi connectivity index (χ1n) is 6.92. The quantitative estimate of drug-likeness (QED) is 0.778. The second kappa shape index (κ2) is 6.23. The number of urea groups is 1. The van der Waals surface area contributed by atoms with Crippen molar-refractivity contribution in [3.8, 4) is 0 Å². The smallest absolute Gasteiger partial charge is 0.329 e. The number of carboxylic acids is 1. The van der Waals surface area contributed by atoms with Crippen LogP contribution >= 0.6 is 0 Å². The third-order valence-electron chi connectivity index (χ3n) is 3.96. The van der Waals surface area contributed by atoms with Gasteiger partial charge in [0, 0.05) is 19.6 Å². The summed E-state index contributed by atoms with van der Waals surface area (Å²) in [6.07, 6.45) is 2.59. The van der Waals surface area contributed by atoms with Crippen LogP contribution in [-0.2, 0) is 9.53 Å². The summed E-state index contributed by atoms with van der Waals surface area (Å²) in [5, 5.41) is 11.5. The Morgan fingerprint density at radius 1 is 1.37 bits per heavy atom. The highest BCUT2D eigenvalue weighted by molar-refractivity contribution is 5.74. The van der Waals surface area contributed by atoms with Crippen LogP contribution in [0, 0.1) is 11.8 Å². The van der Waals surface area contributed by atoms with Gasteiger partial charge in [-0.3, -0.25) is 0 Å². The molecule has 2 atom stereocenters. The van der Waals surface area contributed by atoms with E-state index >= 15 is 0 Å². The molecule has 6 heteroatoms. The molecule has 0 aromatic carbocycles. The van der Waals surface area contributed by atoms with E-state index in [-0.39, 0.29) is 18.7 Å². The highest BCUT2D eigenvalue weighted by Crippen LogP contribution is 2.36. The standard InChI is InChI=1S/C13H22N2O4/c1-9-6-10(9)7-14-13(18)15-4-2-11(3-5-15)19-8-12(16)17/h9-11H,2-8H2,1H3,(H,14,18)(H,16,17). The van der Waals surface area contributed by atoms with Crippen LogP contribution in [0.15, 0.2) is 0 Å². The van der Waals surface area contributed by atoms with Gasteiger partial charge in [-0.15, -0.1) is 0 Å². The van der Waals surface area contributed by atoms with Crippen LogP contribution in [0.3, 0.4) is 0 Å². The number of hydrogen-bond donors (Lipinski definition) is 2. The Morgan fingerprint density at radius 3 is 2.53 bits per heavy atom. The number of amides is 2. The van der Waals surface area contributed by atoms with Crippen molar-refractivity contribution in [3.05, 3.63) is 0 Å². The Balaban J connectivity index is 1.61. The van der Waals surface area contributed by atoms with Gasteiger partial charge in [0.05, 0.1) is 6.10 Å². The molecule has 0 aromatic rings. The van der Waals surface area contributed by atoms with Gasteiger partial charge < -0.3 is 20.1 Å². The Labute approximate surface area is 113 Å². The molecule has 1 aliphatic heterocycles. The first-order chi connectivity index (χ1) is 9.06. The summed E-state index contributed by atoms with van der Waals surface area (Å²) < 4.78 is 5.24. The molecule has 0 radical (unpaired) electrons. The van der Waals surface area contributed by atoms with Crippen LogP contribution in [0.2, 0.25) is 0 Å². The van der Waals surface area contributed by atoms with Crippen LogP contribution in [0.1, 0.15) is 26.2 Å². The number of nitrogens with one attached hydrogen (secondary N) is 1. The molecule has 2 amide bonds. The second-order valence-electron chi connectivity index (χ2n) is 5.55. The van der Waals surface area contributed by atoms with Gasteiger partial charge in [0.1, 0.15) is 6.61 Å². The summed E-state index contributed by atoms with van der Waals surface area (Å²) in [6, 6.07) is -0.00390. The first kappa shape index (κ1) is 14.1. The van der Waals surface area contributed by atoms with E-state index in [1.54, 1.807) is 4.90 Å². The number of piperidine rings is 1. The molecule has 6 nitrogen and oxygen atoms in total. The highest BCUT2D eigenvalue weighted by atomic mass is 16.5. The lowest BCUT2D eigenvalue weighted by Crippen LogP contribution is -2.46. The average Bonchev–Trinajstić information content (AvgIpc) is 3.10. The summed E-state index contributed by atoms with van der Waals surface area (Å²) in [5.74, 6) is 0.453. The summed E-state index contributed by atoms with van der Waals surface area (Å²) in [4.78, 5) is 24.1. The molecule has 0 aromatic heterocycles.